The fraction of sp³-hybridized carbons (Fsp3) is 0.438. The van der Waals surface area contributed by atoms with E-state index in [1.165, 1.54) is 9.75 Å². The van der Waals surface area contributed by atoms with Gasteiger partial charge >= 0.3 is 0 Å². The Balaban J connectivity index is 2.05. The molecule has 0 aliphatic rings. The van der Waals surface area contributed by atoms with Crippen LogP contribution in [0.5, 0.6) is 0 Å². The molecule has 0 radical (unpaired) electrons. The van der Waals surface area contributed by atoms with Gasteiger partial charge in [-0.2, -0.15) is 0 Å². The van der Waals surface area contributed by atoms with Crippen LogP contribution in [0.1, 0.15) is 37.4 Å². The number of rotatable bonds is 4. The van der Waals surface area contributed by atoms with Crippen LogP contribution < -0.4 is 10.9 Å². The number of aryl methyl sites for hydroxylation is 1. The molecule has 4 heteroatoms. The Morgan fingerprint density at radius 1 is 1.20 bits per heavy atom. The Kier molecular flexibility index (Phi) is 4.33. The molecule has 1 N–H and O–H groups in total. The van der Waals surface area contributed by atoms with E-state index in [0.717, 1.165) is 12.2 Å². The van der Waals surface area contributed by atoms with Gasteiger partial charge in [-0.3, -0.25) is 4.79 Å². The number of nitrogens with zero attached hydrogens (tertiary/aromatic N) is 1. The maximum Gasteiger partial charge on any atom is 0.250 e. The molecule has 0 bridgehead atoms. The lowest BCUT2D eigenvalue weighted by molar-refractivity contribution is 0.604. The molecule has 0 aromatic carbocycles. The van der Waals surface area contributed by atoms with Gasteiger partial charge < -0.3 is 9.88 Å². The lowest BCUT2D eigenvalue weighted by atomic mass is 9.95. The minimum atomic E-state index is 0.0455. The van der Waals surface area contributed by atoms with Gasteiger partial charge in [0.15, 0.2) is 0 Å². The first-order valence-electron chi connectivity index (χ1n) is 6.93. The van der Waals surface area contributed by atoms with Gasteiger partial charge in [0.2, 0.25) is 0 Å². The Morgan fingerprint density at radius 3 is 2.55 bits per heavy atom. The van der Waals surface area contributed by atoms with Crippen LogP contribution in [-0.4, -0.2) is 4.57 Å². The van der Waals surface area contributed by atoms with E-state index >= 15 is 0 Å². The largest absolute Gasteiger partial charge is 0.379 e. The predicted molar refractivity (Wildman–Crippen MR) is 86.7 cm³/mol. The zero-order valence-corrected chi connectivity index (χ0v) is 13.4. The topological polar surface area (TPSA) is 34.0 Å². The zero-order chi connectivity index (χ0) is 14.8. The number of aromatic nitrogens is 1. The van der Waals surface area contributed by atoms with Gasteiger partial charge in [0.1, 0.15) is 0 Å². The summed E-state index contributed by atoms with van der Waals surface area (Å²) in [5.41, 5.74) is 1.24. The van der Waals surface area contributed by atoms with E-state index in [1.54, 1.807) is 10.6 Å². The van der Waals surface area contributed by atoms with Crippen LogP contribution in [0.4, 0.5) is 5.69 Å². The number of pyridine rings is 1. The Hall–Kier alpha value is -1.55. The normalized spacial score (nSPS) is 11.6. The molecule has 0 saturated carbocycles. The second-order valence-corrected chi connectivity index (χ2v) is 7.08. The lowest BCUT2D eigenvalue weighted by Crippen LogP contribution is -2.17. The van der Waals surface area contributed by atoms with E-state index < -0.39 is 0 Å². The number of hydrogen-bond donors (Lipinski definition) is 1. The minimum absolute atomic E-state index is 0.0455. The smallest absolute Gasteiger partial charge is 0.250 e. The minimum Gasteiger partial charge on any atom is -0.379 e. The highest BCUT2D eigenvalue weighted by molar-refractivity contribution is 7.12. The standard InChI is InChI=1S/C16H22N2OS/c1-5-18-11-12(6-9-15(18)19)17-10-13-7-8-14(20-13)16(2,3)4/h6-9,11,17H,5,10H2,1-4H3. The third-order valence-electron chi connectivity index (χ3n) is 3.19. The first-order chi connectivity index (χ1) is 9.40. The third kappa shape index (κ3) is 3.51. The molecule has 108 valence electrons. The predicted octanol–water partition coefficient (Wildman–Crippen LogP) is 3.84. The Labute approximate surface area is 124 Å². The molecule has 0 aliphatic carbocycles. The van der Waals surface area contributed by atoms with Crippen molar-refractivity contribution in [2.24, 2.45) is 0 Å². The molecule has 2 heterocycles. The zero-order valence-electron chi connectivity index (χ0n) is 12.6. The highest BCUT2D eigenvalue weighted by Gasteiger charge is 2.15. The van der Waals surface area contributed by atoms with E-state index in [1.807, 2.05) is 30.5 Å². The molecule has 0 amide bonds. The molecule has 0 aliphatic heterocycles. The average molecular weight is 290 g/mol. The molecular formula is C16H22N2OS. The molecule has 0 atom stereocenters. The van der Waals surface area contributed by atoms with Crippen molar-refractivity contribution < 1.29 is 0 Å². The summed E-state index contributed by atoms with van der Waals surface area (Å²) in [6.45, 7) is 10.2. The van der Waals surface area contributed by atoms with E-state index in [4.69, 9.17) is 0 Å². The molecule has 0 spiro atoms. The number of nitrogens with one attached hydrogen (secondary N) is 1. The average Bonchev–Trinajstić information content (AvgIpc) is 2.86. The van der Waals surface area contributed by atoms with Gasteiger partial charge in [-0.05, 0) is 30.5 Å². The fourth-order valence-electron chi connectivity index (χ4n) is 1.95. The second kappa shape index (κ2) is 5.83. The van der Waals surface area contributed by atoms with Crippen LogP contribution in [0.2, 0.25) is 0 Å². The highest BCUT2D eigenvalue weighted by atomic mass is 32.1. The number of hydrogen-bond acceptors (Lipinski definition) is 3. The van der Waals surface area contributed by atoms with Crippen molar-refractivity contribution in [1.29, 1.82) is 0 Å². The van der Waals surface area contributed by atoms with Crippen molar-refractivity contribution in [2.75, 3.05) is 5.32 Å². The molecule has 2 aromatic rings. The van der Waals surface area contributed by atoms with Crippen LogP contribution in [0.15, 0.2) is 35.3 Å². The summed E-state index contributed by atoms with van der Waals surface area (Å²) in [5.74, 6) is 0. The molecule has 20 heavy (non-hydrogen) atoms. The van der Waals surface area contributed by atoms with Crippen LogP contribution in [0.25, 0.3) is 0 Å². The molecule has 0 saturated heterocycles. The van der Waals surface area contributed by atoms with Crippen molar-refractivity contribution in [2.45, 2.75) is 46.2 Å². The van der Waals surface area contributed by atoms with Crippen molar-refractivity contribution in [1.82, 2.24) is 4.57 Å². The van der Waals surface area contributed by atoms with Crippen LogP contribution in [0.3, 0.4) is 0 Å². The molecule has 2 rings (SSSR count). The summed E-state index contributed by atoms with van der Waals surface area (Å²) in [6.07, 6.45) is 1.88. The first-order valence-corrected chi connectivity index (χ1v) is 7.75. The summed E-state index contributed by atoms with van der Waals surface area (Å²) in [5, 5.41) is 3.38. The van der Waals surface area contributed by atoms with Crippen LogP contribution >= 0.6 is 11.3 Å². The van der Waals surface area contributed by atoms with Gasteiger partial charge in [-0.1, -0.05) is 20.8 Å². The van der Waals surface area contributed by atoms with Gasteiger partial charge in [-0.15, -0.1) is 11.3 Å². The number of thiophene rings is 1. The molecule has 2 aromatic heterocycles. The molecule has 0 fully saturated rings. The maximum atomic E-state index is 11.5. The Bertz CT molecular complexity index is 634. The molecule has 0 unspecified atom stereocenters. The van der Waals surface area contributed by atoms with E-state index in [9.17, 15) is 4.79 Å². The van der Waals surface area contributed by atoms with Gasteiger partial charge in [0.05, 0.1) is 5.69 Å². The van der Waals surface area contributed by atoms with Crippen molar-refractivity contribution in [3.8, 4) is 0 Å². The van der Waals surface area contributed by atoms with Gasteiger partial charge in [0.25, 0.3) is 5.56 Å². The van der Waals surface area contributed by atoms with Crippen molar-refractivity contribution in [3.63, 3.8) is 0 Å². The number of anilines is 1. The SMILES string of the molecule is CCn1cc(NCc2ccc(C(C)(C)C)s2)ccc1=O. The van der Waals surface area contributed by atoms with Gasteiger partial charge in [-0.25, -0.2) is 0 Å². The monoisotopic (exact) mass is 290 g/mol. The van der Waals surface area contributed by atoms with Crippen molar-refractivity contribution >= 4 is 17.0 Å². The first kappa shape index (κ1) is 14.9. The Morgan fingerprint density at radius 2 is 1.95 bits per heavy atom. The van der Waals surface area contributed by atoms with E-state index in [-0.39, 0.29) is 11.0 Å². The van der Waals surface area contributed by atoms with Crippen LogP contribution in [-0.2, 0) is 18.5 Å². The second-order valence-electron chi connectivity index (χ2n) is 5.91. The molecule has 3 nitrogen and oxygen atoms in total. The van der Waals surface area contributed by atoms with Gasteiger partial charge in [0, 0.05) is 35.1 Å². The summed E-state index contributed by atoms with van der Waals surface area (Å²) >= 11 is 1.84. The summed E-state index contributed by atoms with van der Waals surface area (Å²) in [4.78, 5) is 14.2. The summed E-state index contributed by atoms with van der Waals surface area (Å²) in [6, 6.07) is 7.83. The third-order valence-corrected chi connectivity index (χ3v) is 4.70. The summed E-state index contributed by atoms with van der Waals surface area (Å²) < 4.78 is 1.71. The fourth-order valence-corrected chi connectivity index (χ4v) is 2.95. The molecular weight excluding hydrogens is 268 g/mol. The highest BCUT2D eigenvalue weighted by Crippen LogP contribution is 2.29. The lowest BCUT2D eigenvalue weighted by Gasteiger charge is -2.15. The van der Waals surface area contributed by atoms with Crippen LogP contribution in [0, 0.1) is 0 Å². The van der Waals surface area contributed by atoms with E-state index in [0.29, 0.717) is 6.54 Å². The summed E-state index contributed by atoms with van der Waals surface area (Å²) in [7, 11) is 0. The van der Waals surface area contributed by atoms with Crippen molar-refractivity contribution in [3.05, 3.63) is 50.6 Å². The quantitative estimate of drug-likeness (QED) is 0.928. The van der Waals surface area contributed by atoms with E-state index in [2.05, 4.69) is 38.2 Å². The maximum absolute atomic E-state index is 11.5.